The van der Waals surface area contributed by atoms with E-state index in [-0.39, 0.29) is 11.7 Å². The maximum atomic E-state index is 12.9. The third kappa shape index (κ3) is 5.26. The van der Waals surface area contributed by atoms with E-state index < -0.39 is 0 Å². The van der Waals surface area contributed by atoms with Crippen molar-refractivity contribution < 1.29 is 9.90 Å². The van der Waals surface area contributed by atoms with Crippen LogP contribution in [0.4, 0.5) is 0 Å². The third-order valence-corrected chi connectivity index (χ3v) is 4.70. The lowest BCUT2D eigenvalue weighted by Gasteiger charge is -2.34. The van der Waals surface area contributed by atoms with E-state index in [0.29, 0.717) is 30.5 Å². The van der Waals surface area contributed by atoms with Gasteiger partial charge in [0.25, 0.3) is 5.91 Å². The molecular formula is C21H28N4O2. The van der Waals surface area contributed by atoms with Crippen LogP contribution < -0.4 is 0 Å². The summed E-state index contributed by atoms with van der Waals surface area (Å²) >= 11 is 0. The second kappa shape index (κ2) is 8.48. The molecule has 2 aromatic rings. The van der Waals surface area contributed by atoms with E-state index in [0.717, 1.165) is 37.3 Å². The van der Waals surface area contributed by atoms with Crippen molar-refractivity contribution >= 4 is 5.91 Å². The average Bonchev–Trinajstić information content (AvgIpc) is 2.61. The molecule has 0 radical (unpaired) electrons. The second-order valence-electron chi connectivity index (χ2n) is 7.63. The first-order chi connectivity index (χ1) is 12.9. The van der Waals surface area contributed by atoms with E-state index in [1.54, 1.807) is 12.1 Å². The van der Waals surface area contributed by atoms with Gasteiger partial charge in [-0.3, -0.25) is 9.69 Å². The Hall–Kier alpha value is -2.47. The molecule has 1 N–H and O–H groups in total. The monoisotopic (exact) mass is 368 g/mol. The fourth-order valence-corrected chi connectivity index (χ4v) is 3.45. The van der Waals surface area contributed by atoms with E-state index in [1.807, 2.05) is 30.0 Å². The molecule has 0 spiro atoms. The standard InChI is InChI=1S/C21H28N4O2/c1-15(2)11-18-13-20(23-16(3)22-18)21(27)25-9-7-24(8-10-25)14-17-5-4-6-19(26)12-17/h4-6,12-13,15,26H,7-11,14H2,1-3H3. The highest BCUT2D eigenvalue weighted by atomic mass is 16.3. The summed E-state index contributed by atoms with van der Waals surface area (Å²) < 4.78 is 0. The van der Waals surface area contributed by atoms with Crippen molar-refractivity contribution in [2.24, 2.45) is 5.92 Å². The molecule has 6 heteroatoms. The number of carbonyl (C=O) groups is 1. The van der Waals surface area contributed by atoms with Gasteiger partial charge in [0.15, 0.2) is 0 Å². The number of hydrogen-bond acceptors (Lipinski definition) is 5. The van der Waals surface area contributed by atoms with E-state index in [4.69, 9.17) is 0 Å². The van der Waals surface area contributed by atoms with Crippen LogP contribution in [-0.2, 0) is 13.0 Å². The van der Waals surface area contributed by atoms with E-state index in [9.17, 15) is 9.90 Å². The first-order valence-electron chi connectivity index (χ1n) is 9.55. The van der Waals surface area contributed by atoms with Gasteiger partial charge in [-0.1, -0.05) is 26.0 Å². The first kappa shape index (κ1) is 19.3. The van der Waals surface area contributed by atoms with Gasteiger partial charge < -0.3 is 10.0 Å². The summed E-state index contributed by atoms with van der Waals surface area (Å²) in [5.41, 5.74) is 2.52. The number of piperazine rings is 1. The summed E-state index contributed by atoms with van der Waals surface area (Å²) in [7, 11) is 0. The summed E-state index contributed by atoms with van der Waals surface area (Å²) in [6.07, 6.45) is 0.849. The van der Waals surface area contributed by atoms with Gasteiger partial charge >= 0.3 is 0 Å². The minimum absolute atomic E-state index is 0.0116. The summed E-state index contributed by atoms with van der Waals surface area (Å²) in [6.45, 7) is 9.89. The molecule has 1 saturated heterocycles. The Kier molecular flexibility index (Phi) is 6.06. The summed E-state index contributed by atoms with van der Waals surface area (Å²) in [6, 6.07) is 9.18. The van der Waals surface area contributed by atoms with Gasteiger partial charge in [-0.25, -0.2) is 9.97 Å². The number of carbonyl (C=O) groups excluding carboxylic acids is 1. The van der Waals surface area contributed by atoms with Crippen LogP contribution in [0, 0.1) is 12.8 Å². The second-order valence-corrected chi connectivity index (χ2v) is 7.63. The molecule has 1 amide bonds. The normalized spacial score (nSPS) is 15.3. The largest absolute Gasteiger partial charge is 0.508 e. The maximum Gasteiger partial charge on any atom is 0.272 e. The number of hydrogen-bond donors (Lipinski definition) is 1. The van der Waals surface area contributed by atoms with Crippen molar-refractivity contribution in [1.82, 2.24) is 19.8 Å². The molecule has 3 rings (SSSR count). The number of phenols is 1. The molecule has 0 unspecified atom stereocenters. The lowest BCUT2D eigenvalue weighted by atomic mass is 10.1. The van der Waals surface area contributed by atoms with Crippen molar-refractivity contribution in [3.8, 4) is 5.75 Å². The van der Waals surface area contributed by atoms with E-state index in [2.05, 4.69) is 28.7 Å². The number of phenolic OH excluding ortho intramolecular Hbond substituents is 1. The van der Waals surface area contributed by atoms with Gasteiger partial charge in [-0.15, -0.1) is 0 Å². The SMILES string of the molecule is Cc1nc(CC(C)C)cc(C(=O)N2CCN(Cc3cccc(O)c3)CC2)n1. The van der Waals surface area contributed by atoms with Crippen molar-refractivity contribution in [2.75, 3.05) is 26.2 Å². The molecule has 0 saturated carbocycles. The lowest BCUT2D eigenvalue weighted by molar-refractivity contribution is 0.0622. The fraction of sp³-hybridized carbons (Fsp3) is 0.476. The smallest absolute Gasteiger partial charge is 0.272 e. The molecule has 0 bridgehead atoms. The van der Waals surface area contributed by atoms with Crippen LogP contribution in [0.1, 0.15) is 41.4 Å². The van der Waals surface area contributed by atoms with Crippen LogP contribution in [0.2, 0.25) is 0 Å². The number of aromatic hydroxyl groups is 1. The Morgan fingerprint density at radius 2 is 1.89 bits per heavy atom. The highest BCUT2D eigenvalue weighted by Gasteiger charge is 2.23. The van der Waals surface area contributed by atoms with Crippen LogP contribution in [0.5, 0.6) is 5.75 Å². The quantitative estimate of drug-likeness (QED) is 0.879. The van der Waals surface area contributed by atoms with E-state index >= 15 is 0 Å². The number of benzene rings is 1. The van der Waals surface area contributed by atoms with Crippen molar-refractivity contribution in [3.63, 3.8) is 0 Å². The predicted molar refractivity (Wildman–Crippen MR) is 105 cm³/mol. The van der Waals surface area contributed by atoms with Gasteiger partial charge in [-0.05, 0) is 43.0 Å². The third-order valence-electron chi connectivity index (χ3n) is 4.70. The Balaban J connectivity index is 1.60. The molecule has 144 valence electrons. The van der Waals surface area contributed by atoms with Crippen LogP contribution in [-0.4, -0.2) is 57.0 Å². The van der Waals surface area contributed by atoms with Crippen LogP contribution in [0.25, 0.3) is 0 Å². The molecule has 1 aliphatic rings. The molecule has 27 heavy (non-hydrogen) atoms. The molecule has 0 atom stereocenters. The molecule has 1 aromatic heterocycles. The van der Waals surface area contributed by atoms with Crippen LogP contribution in [0.3, 0.4) is 0 Å². The zero-order valence-corrected chi connectivity index (χ0v) is 16.4. The zero-order valence-electron chi connectivity index (χ0n) is 16.4. The highest BCUT2D eigenvalue weighted by Crippen LogP contribution is 2.16. The summed E-state index contributed by atoms with van der Waals surface area (Å²) in [5.74, 6) is 1.42. The first-order valence-corrected chi connectivity index (χ1v) is 9.55. The Labute approximate surface area is 160 Å². The molecule has 2 heterocycles. The topological polar surface area (TPSA) is 69.6 Å². The Morgan fingerprint density at radius 1 is 1.15 bits per heavy atom. The number of amides is 1. The van der Waals surface area contributed by atoms with Crippen LogP contribution in [0.15, 0.2) is 30.3 Å². The van der Waals surface area contributed by atoms with Gasteiger partial charge in [-0.2, -0.15) is 0 Å². The number of nitrogens with zero attached hydrogens (tertiary/aromatic N) is 4. The average molecular weight is 368 g/mol. The Bertz CT molecular complexity index is 799. The molecule has 1 fully saturated rings. The highest BCUT2D eigenvalue weighted by molar-refractivity contribution is 5.92. The molecule has 0 aliphatic carbocycles. The lowest BCUT2D eigenvalue weighted by Crippen LogP contribution is -2.48. The zero-order chi connectivity index (χ0) is 19.4. The van der Waals surface area contributed by atoms with Crippen molar-refractivity contribution in [1.29, 1.82) is 0 Å². The summed E-state index contributed by atoms with van der Waals surface area (Å²) in [4.78, 5) is 25.9. The molecule has 6 nitrogen and oxygen atoms in total. The number of aromatic nitrogens is 2. The number of aryl methyl sites for hydroxylation is 1. The predicted octanol–water partition coefficient (Wildman–Crippen LogP) is 2.65. The molecule has 1 aliphatic heterocycles. The van der Waals surface area contributed by atoms with Crippen LogP contribution >= 0.6 is 0 Å². The minimum atomic E-state index is -0.0116. The van der Waals surface area contributed by atoms with Gasteiger partial charge in [0.1, 0.15) is 17.3 Å². The summed E-state index contributed by atoms with van der Waals surface area (Å²) in [5, 5.41) is 9.60. The number of rotatable bonds is 5. The maximum absolute atomic E-state index is 12.9. The molecular weight excluding hydrogens is 340 g/mol. The molecule has 1 aromatic carbocycles. The Morgan fingerprint density at radius 3 is 2.56 bits per heavy atom. The van der Waals surface area contributed by atoms with Crippen molar-refractivity contribution in [2.45, 2.75) is 33.7 Å². The van der Waals surface area contributed by atoms with Gasteiger partial charge in [0.2, 0.25) is 0 Å². The van der Waals surface area contributed by atoms with Crippen molar-refractivity contribution in [3.05, 3.63) is 53.1 Å². The fourth-order valence-electron chi connectivity index (χ4n) is 3.45. The van der Waals surface area contributed by atoms with Gasteiger partial charge in [0.05, 0.1) is 0 Å². The minimum Gasteiger partial charge on any atom is -0.508 e. The van der Waals surface area contributed by atoms with E-state index in [1.165, 1.54) is 0 Å². The van der Waals surface area contributed by atoms with Gasteiger partial charge in [0, 0.05) is 38.4 Å².